The Morgan fingerprint density at radius 2 is 2.05 bits per heavy atom. The number of nitro groups is 2. The molecule has 0 spiro atoms. The zero-order valence-electron chi connectivity index (χ0n) is 11.9. The van der Waals surface area contributed by atoms with E-state index in [2.05, 4.69) is 5.32 Å². The first kappa shape index (κ1) is 17.9. The lowest BCUT2D eigenvalue weighted by Gasteiger charge is -2.12. The Kier molecular flexibility index (Phi) is 6.73. The molecule has 1 atom stereocenters. The number of nitrogens with zero attached hydrogens (tertiary/aromatic N) is 2. The lowest BCUT2D eigenvalue weighted by Crippen LogP contribution is -2.36. The summed E-state index contributed by atoms with van der Waals surface area (Å²) >= 11 is 1.62. The minimum absolute atomic E-state index is 0.234. The van der Waals surface area contributed by atoms with Gasteiger partial charge in [-0.25, -0.2) is 0 Å². The van der Waals surface area contributed by atoms with Gasteiger partial charge < -0.3 is 11.1 Å². The number of non-ortho nitro benzene ring substituents is 1. The van der Waals surface area contributed by atoms with Crippen LogP contribution in [0, 0.1) is 20.2 Å². The highest BCUT2D eigenvalue weighted by atomic mass is 32.2. The third kappa shape index (κ3) is 4.97. The molecule has 0 saturated heterocycles. The van der Waals surface area contributed by atoms with E-state index in [-0.39, 0.29) is 11.4 Å². The molecule has 0 heterocycles. The highest BCUT2D eigenvalue weighted by molar-refractivity contribution is 7.99. The largest absolute Gasteiger partial charge is 0.320 e. The number of nitrogens with one attached hydrogen (secondary N) is 1. The fourth-order valence-electron chi connectivity index (χ4n) is 1.61. The van der Waals surface area contributed by atoms with Crippen LogP contribution in [0.3, 0.4) is 0 Å². The average Bonchev–Trinajstić information content (AvgIpc) is 2.46. The second-order valence-corrected chi connectivity index (χ2v) is 5.69. The van der Waals surface area contributed by atoms with Crippen molar-refractivity contribution in [1.29, 1.82) is 0 Å². The van der Waals surface area contributed by atoms with Crippen molar-refractivity contribution in [2.75, 3.05) is 16.8 Å². The monoisotopic (exact) mass is 328 g/mol. The molecule has 10 heteroatoms. The number of amides is 1. The van der Waals surface area contributed by atoms with Gasteiger partial charge in [0.15, 0.2) is 0 Å². The summed E-state index contributed by atoms with van der Waals surface area (Å²) in [5.41, 5.74) is 4.69. The van der Waals surface area contributed by atoms with E-state index >= 15 is 0 Å². The minimum atomic E-state index is -0.835. The van der Waals surface area contributed by atoms with Crippen molar-refractivity contribution in [2.45, 2.75) is 19.4 Å². The number of hydrogen-bond donors (Lipinski definition) is 2. The molecule has 0 radical (unpaired) electrons. The summed E-state index contributed by atoms with van der Waals surface area (Å²) < 4.78 is 0. The second-order valence-electron chi connectivity index (χ2n) is 4.30. The van der Waals surface area contributed by atoms with Crippen LogP contribution < -0.4 is 11.1 Å². The maximum absolute atomic E-state index is 11.9. The van der Waals surface area contributed by atoms with Crippen molar-refractivity contribution >= 4 is 34.7 Å². The van der Waals surface area contributed by atoms with E-state index in [9.17, 15) is 25.0 Å². The van der Waals surface area contributed by atoms with E-state index in [1.165, 1.54) is 0 Å². The molecule has 0 bridgehead atoms. The van der Waals surface area contributed by atoms with Gasteiger partial charge in [0.05, 0.1) is 15.9 Å². The molecule has 1 rings (SSSR count). The Morgan fingerprint density at radius 3 is 2.59 bits per heavy atom. The molecule has 3 N–H and O–H groups in total. The Morgan fingerprint density at radius 1 is 1.36 bits per heavy atom. The molecule has 0 aliphatic rings. The molecule has 0 unspecified atom stereocenters. The van der Waals surface area contributed by atoms with Crippen LogP contribution in [0.1, 0.15) is 13.3 Å². The molecular formula is C12H16N4O5S. The maximum Gasteiger partial charge on any atom is 0.293 e. The third-order valence-corrected chi connectivity index (χ3v) is 3.69. The summed E-state index contributed by atoms with van der Waals surface area (Å²) in [6.45, 7) is 1.97. The highest BCUT2D eigenvalue weighted by Gasteiger charge is 2.22. The van der Waals surface area contributed by atoms with Gasteiger partial charge in [-0.15, -0.1) is 0 Å². The summed E-state index contributed by atoms with van der Waals surface area (Å²) in [5, 5.41) is 23.9. The number of nitrogens with two attached hydrogens (primary N) is 1. The van der Waals surface area contributed by atoms with Gasteiger partial charge in [0.2, 0.25) is 5.91 Å². The molecule has 0 aliphatic heterocycles. The summed E-state index contributed by atoms with van der Waals surface area (Å²) in [4.78, 5) is 32.1. The predicted molar refractivity (Wildman–Crippen MR) is 84.0 cm³/mol. The van der Waals surface area contributed by atoms with Crippen LogP contribution in [0.4, 0.5) is 17.1 Å². The predicted octanol–water partition coefficient (Wildman–Crippen LogP) is 1.91. The van der Waals surface area contributed by atoms with Gasteiger partial charge in [0.1, 0.15) is 5.69 Å². The molecule has 120 valence electrons. The summed E-state index contributed by atoms with van der Waals surface area (Å²) in [6, 6.07) is 2.10. The van der Waals surface area contributed by atoms with E-state index in [1.807, 2.05) is 6.92 Å². The van der Waals surface area contributed by atoms with Crippen LogP contribution in [-0.4, -0.2) is 33.3 Å². The Bertz CT molecular complexity index is 581. The van der Waals surface area contributed by atoms with E-state index in [0.717, 1.165) is 24.0 Å². The van der Waals surface area contributed by atoms with Gasteiger partial charge in [-0.1, -0.05) is 6.92 Å². The van der Waals surface area contributed by atoms with E-state index < -0.39 is 27.5 Å². The topological polar surface area (TPSA) is 141 Å². The first-order valence-electron chi connectivity index (χ1n) is 6.43. The van der Waals surface area contributed by atoms with Crippen molar-refractivity contribution in [2.24, 2.45) is 5.73 Å². The molecular weight excluding hydrogens is 312 g/mol. The first-order valence-corrected chi connectivity index (χ1v) is 7.59. The van der Waals surface area contributed by atoms with Crippen molar-refractivity contribution in [1.82, 2.24) is 0 Å². The fraction of sp³-hybridized carbons (Fsp3) is 0.417. The third-order valence-electron chi connectivity index (χ3n) is 2.76. The van der Waals surface area contributed by atoms with Gasteiger partial charge in [0.25, 0.3) is 11.4 Å². The standard InChI is InChI=1S/C12H16N4O5S/c1-2-22-6-5-9(13)12(17)14-10-7-8(15(18)19)3-4-11(10)16(20)21/h3-4,7,9H,2,5-6,13H2,1H3,(H,14,17)/t9-/m0/s1. The normalized spacial score (nSPS) is 11.7. The molecule has 0 aromatic heterocycles. The fourth-order valence-corrected chi connectivity index (χ4v) is 2.32. The number of carbonyl (C=O) groups excluding carboxylic acids is 1. The molecule has 0 aliphatic carbocycles. The maximum atomic E-state index is 11.9. The SMILES string of the molecule is CCSCC[C@H](N)C(=O)Nc1cc([N+](=O)[O-])ccc1[N+](=O)[O-]. The second kappa shape index (κ2) is 8.29. The van der Waals surface area contributed by atoms with Crippen molar-refractivity contribution < 1.29 is 14.6 Å². The van der Waals surface area contributed by atoms with Crippen molar-refractivity contribution in [3.63, 3.8) is 0 Å². The van der Waals surface area contributed by atoms with Crippen LogP contribution in [0.2, 0.25) is 0 Å². The summed E-state index contributed by atoms with van der Waals surface area (Å²) in [7, 11) is 0. The number of hydrogen-bond acceptors (Lipinski definition) is 7. The van der Waals surface area contributed by atoms with Crippen LogP contribution in [0.5, 0.6) is 0 Å². The molecule has 1 aromatic rings. The lowest BCUT2D eigenvalue weighted by atomic mass is 10.2. The smallest absolute Gasteiger partial charge is 0.293 e. The van der Waals surface area contributed by atoms with Crippen LogP contribution in [0.25, 0.3) is 0 Å². The molecule has 0 fully saturated rings. The highest BCUT2D eigenvalue weighted by Crippen LogP contribution is 2.28. The van der Waals surface area contributed by atoms with Crippen molar-refractivity contribution in [3.05, 3.63) is 38.4 Å². The van der Waals surface area contributed by atoms with Crippen LogP contribution >= 0.6 is 11.8 Å². The summed E-state index contributed by atoms with van der Waals surface area (Å²) in [6.07, 6.45) is 0.410. The first-order chi connectivity index (χ1) is 10.4. The molecule has 22 heavy (non-hydrogen) atoms. The lowest BCUT2D eigenvalue weighted by molar-refractivity contribution is -0.388. The zero-order chi connectivity index (χ0) is 16.7. The molecule has 0 saturated carbocycles. The van der Waals surface area contributed by atoms with Gasteiger partial charge in [-0.3, -0.25) is 25.0 Å². The van der Waals surface area contributed by atoms with Crippen molar-refractivity contribution in [3.8, 4) is 0 Å². The van der Waals surface area contributed by atoms with Gasteiger partial charge in [-0.2, -0.15) is 11.8 Å². The van der Waals surface area contributed by atoms with E-state index in [0.29, 0.717) is 12.2 Å². The van der Waals surface area contributed by atoms with E-state index in [4.69, 9.17) is 5.73 Å². The average molecular weight is 328 g/mol. The number of thioether (sulfide) groups is 1. The van der Waals surface area contributed by atoms with Crippen LogP contribution in [0.15, 0.2) is 18.2 Å². The molecule has 1 aromatic carbocycles. The number of rotatable bonds is 8. The summed E-state index contributed by atoms with van der Waals surface area (Å²) in [5.74, 6) is 0.965. The number of carbonyl (C=O) groups is 1. The van der Waals surface area contributed by atoms with Gasteiger partial charge >= 0.3 is 0 Å². The Labute approximate surface area is 130 Å². The van der Waals surface area contributed by atoms with Crippen LogP contribution in [-0.2, 0) is 4.79 Å². The Balaban J connectivity index is 2.90. The Hall–Kier alpha value is -2.20. The molecule has 1 amide bonds. The number of benzene rings is 1. The van der Waals surface area contributed by atoms with Gasteiger partial charge in [-0.05, 0) is 17.9 Å². The molecule has 9 nitrogen and oxygen atoms in total. The van der Waals surface area contributed by atoms with Gasteiger partial charge in [0, 0.05) is 18.2 Å². The quantitative estimate of drug-likeness (QED) is 0.421. The number of anilines is 1. The zero-order valence-corrected chi connectivity index (χ0v) is 12.7. The number of nitro benzene ring substituents is 2. The minimum Gasteiger partial charge on any atom is -0.320 e. The van der Waals surface area contributed by atoms with E-state index in [1.54, 1.807) is 11.8 Å².